The highest BCUT2D eigenvalue weighted by atomic mass is 127. The molecule has 7 heteroatoms. The van der Waals surface area contributed by atoms with E-state index in [2.05, 4.69) is 26.6 Å². The van der Waals surface area contributed by atoms with E-state index in [1.807, 2.05) is 18.2 Å². The number of hydrogen-bond acceptors (Lipinski definition) is 3. The van der Waals surface area contributed by atoms with Crippen LogP contribution in [0.5, 0.6) is 0 Å². The minimum Gasteiger partial charge on any atom is -0.373 e. The molecule has 2 aliphatic heterocycles. The van der Waals surface area contributed by atoms with Crippen molar-refractivity contribution in [1.82, 2.24) is 15.5 Å². The Morgan fingerprint density at radius 3 is 3.00 bits per heavy atom. The van der Waals surface area contributed by atoms with Gasteiger partial charge in [0.05, 0.1) is 12.7 Å². The highest BCUT2D eigenvalue weighted by molar-refractivity contribution is 14.0. The molecule has 3 rings (SSSR count). The Labute approximate surface area is 172 Å². The Hall–Kier alpha value is -0.570. The van der Waals surface area contributed by atoms with Crippen LogP contribution in [-0.4, -0.2) is 62.8 Å². The molecule has 1 aromatic carbocycles. The molecule has 2 aliphatic rings. The smallest absolute Gasteiger partial charge is 0.191 e. The number of benzene rings is 1. The minimum absolute atomic E-state index is 0. The molecule has 2 atom stereocenters. The van der Waals surface area contributed by atoms with Crippen LogP contribution in [0.3, 0.4) is 0 Å². The van der Waals surface area contributed by atoms with Gasteiger partial charge in [-0.1, -0.05) is 29.8 Å². The van der Waals surface area contributed by atoms with Crippen molar-refractivity contribution in [2.24, 2.45) is 4.99 Å². The topological polar surface area (TPSA) is 48.9 Å². The third-order valence-corrected chi connectivity index (χ3v) is 5.20. The SMILES string of the molecule is CN=C(NCCc1ccccc1Cl)NCC1CN2CCCC2CO1.I. The summed E-state index contributed by atoms with van der Waals surface area (Å²) in [6.45, 7) is 4.69. The first-order chi connectivity index (χ1) is 11.8. The normalized spacial score (nSPS) is 23.7. The van der Waals surface area contributed by atoms with Gasteiger partial charge < -0.3 is 15.4 Å². The average Bonchev–Trinajstić information content (AvgIpc) is 3.07. The third kappa shape index (κ3) is 5.98. The summed E-state index contributed by atoms with van der Waals surface area (Å²) in [5.41, 5.74) is 1.15. The number of aliphatic imine (C=N–C) groups is 1. The largest absolute Gasteiger partial charge is 0.373 e. The van der Waals surface area contributed by atoms with Crippen molar-refractivity contribution in [3.63, 3.8) is 0 Å². The Bertz CT molecular complexity index is 572. The van der Waals surface area contributed by atoms with E-state index in [9.17, 15) is 0 Å². The maximum Gasteiger partial charge on any atom is 0.191 e. The highest BCUT2D eigenvalue weighted by Crippen LogP contribution is 2.22. The van der Waals surface area contributed by atoms with Gasteiger partial charge in [0, 0.05) is 37.7 Å². The Morgan fingerprint density at radius 2 is 2.20 bits per heavy atom. The number of nitrogens with zero attached hydrogens (tertiary/aromatic N) is 2. The van der Waals surface area contributed by atoms with E-state index >= 15 is 0 Å². The number of nitrogens with one attached hydrogen (secondary N) is 2. The van der Waals surface area contributed by atoms with Crippen molar-refractivity contribution in [3.05, 3.63) is 34.9 Å². The van der Waals surface area contributed by atoms with Crippen LogP contribution in [-0.2, 0) is 11.2 Å². The van der Waals surface area contributed by atoms with Crippen LogP contribution in [0.4, 0.5) is 0 Å². The second-order valence-electron chi connectivity index (χ2n) is 6.47. The van der Waals surface area contributed by atoms with E-state index in [-0.39, 0.29) is 30.1 Å². The summed E-state index contributed by atoms with van der Waals surface area (Å²) in [6.07, 6.45) is 3.70. The first kappa shape index (κ1) is 20.7. The van der Waals surface area contributed by atoms with Crippen molar-refractivity contribution in [3.8, 4) is 0 Å². The number of guanidine groups is 1. The predicted octanol–water partition coefficient (Wildman–Crippen LogP) is 2.53. The van der Waals surface area contributed by atoms with Crippen LogP contribution in [0.25, 0.3) is 0 Å². The van der Waals surface area contributed by atoms with E-state index in [0.717, 1.165) is 49.2 Å². The Kier molecular flexibility index (Phi) is 8.75. The lowest BCUT2D eigenvalue weighted by molar-refractivity contribution is -0.0453. The van der Waals surface area contributed by atoms with Gasteiger partial charge in [0.2, 0.25) is 0 Å². The summed E-state index contributed by atoms with van der Waals surface area (Å²) in [6, 6.07) is 8.60. The van der Waals surface area contributed by atoms with Crippen LogP contribution in [0.15, 0.2) is 29.3 Å². The molecular weight excluding hydrogens is 451 g/mol. The van der Waals surface area contributed by atoms with E-state index in [1.165, 1.54) is 19.4 Å². The van der Waals surface area contributed by atoms with Gasteiger partial charge in [-0.3, -0.25) is 9.89 Å². The van der Waals surface area contributed by atoms with Gasteiger partial charge >= 0.3 is 0 Å². The van der Waals surface area contributed by atoms with Gasteiger partial charge in [0.15, 0.2) is 5.96 Å². The molecule has 140 valence electrons. The second kappa shape index (κ2) is 10.5. The molecule has 2 saturated heterocycles. The van der Waals surface area contributed by atoms with E-state index in [4.69, 9.17) is 16.3 Å². The average molecular weight is 479 g/mol. The number of rotatable bonds is 5. The fourth-order valence-electron chi connectivity index (χ4n) is 3.46. The Balaban J connectivity index is 0.00000225. The second-order valence-corrected chi connectivity index (χ2v) is 6.87. The zero-order valence-corrected chi connectivity index (χ0v) is 17.8. The van der Waals surface area contributed by atoms with Crippen molar-refractivity contribution in [2.75, 3.05) is 39.8 Å². The quantitative estimate of drug-likeness (QED) is 0.388. The van der Waals surface area contributed by atoms with Crippen LogP contribution in [0.2, 0.25) is 5.02 Å². The zero-order valence-electron chi connectivity index (χ0n) is 14.7. The lowest BCUT2D eigenvalue weighted by atomic mass is 10.1. The molecule has 0 spiro atoms. The summed E-state index contributed by atoms with van der Waals surface area (Å²) in [5.74, 6) is 0.814. The number of fused-ring (bicyclic) bond motifs is 1. The van der Waals surface area contributed by atoms with Gasteiger partial charge in [0.25, 0.3) is 0 Å². The molecule has 0 amide bonds. The summed E-state index contributed by atoms with van der Waals surface area (Å²) in [4.78, 5) is 6.84. The molecule has 0 aromatic heterocycles. The number of hydrogen-bond donors (Lipinski definition) is 2. The first-order valence-corrected chi connectivity index (χ1v) is 9.17. The van der Waals surface area contributed by atoms with Gasteiger partial charge in [-0.15, -0.1) is 24.0 Å². The highest BCUT2D eigenvalue weighted by Gasteiger charge is 2.32. The van der Waals surface area contributed by atoms with Crippen LogP contribution in [0.1, 0.15) is 18.4 Å². The maximum absolute atomic E-state index is 6.19. The van der Waals surface area contributed by atoms with Gasteiger partial charge in [-0.25, -0.2) is 0 Å². The van der Waals surface area contributed by atoms with Crippen molar-refractivity contribution < 1.29 is 4.74 Å². The molecule has 0 saturated carbocycles. The molecule has 2 unspecified atom stereocenters. The van der Waals surface area contributed by atoms with Crippen molar-refractivity contribution >= 4 is 41.5 Å². The number of morpholine rings is 1. The predicted molar refractivity (Wildman–Crippen MR) is 114 cm³/mol. The molecule has 0 bridgehead atoms. The summed E-state index contributed by atoms with van der Waals surface area (Å²) < 4.78 is 5.97. The Morgan fingerprint density at radius 1 is 1.36 bits per heavy atom. The van der Waals surface area contributed by atoms with Gasteiger partial charge in [-0.05, 0) is 37.4 Å². The van der Waals surface area contributed by atoms with E-state index in [0.29, 0.717) is 6.04 Å². The molecule has 2 heterocycles. The van der Waals surface area contributed by atoms with E-state index in [1.54, 1.807) is 7.05 Å². The molecule has 2 fully saturated rings. The molecular formula is C18H28ClIN4O. The van der Waals surface area contributed by atoms with Crippen LogP contribution < -0.4 is 10.6 Å². The number of halogens is 2. The van der Waals surface area contributed by atoms with Gasteiger partial charge in [0.1, 0.15) is 0 Å². The monoisotopic (exact) mass is 478 g/mol. The maximum atomic E-state index is 6.19. The summed E-state index contributed by atoms with van der Waals surface area (Å²) >= 11 is 6.19. The number of ether oxygens (including phenoxy) is 1. The van der Waals surface area contributed by atoms with Crippen molar-refractivity contribution in [1.29, 1.82) is 0 Å². The molecule has 0 radical (unpaired) electrons. The fourth-order valence-corrected chi connectivity index (χ4v) is 3.69. The molecule has 25 heavy (non-hydrogen) atoms. The fraction of sp³-hybridized carbons (Fsp3) is 0.611. The lowest BCUT2D eigenvalue weighted by Crippen LogP contribution is -2.51. The lowest BCUT2D eigenvalue weighted by Gasteiger charge is -2.35. The van der Waals surface area contributed by atoms with E-state index < -0.39 is 0 Å². The first-order valence-electron chi connectivity index (χ1n) is 8.80. The molecule has 1 aromatic rings. The molecule has 2 N–H and O–H groups in total. The zero-order chi connectivity index (χ0) is 16.8. The standard InChI is InChI=1S/C18H27ClN4O.HI/c1-20-18(21-9-8-14-5-2-3-7-17(14)19)22-11-16-12-23-10-4-6-15(23)13-24-16;/h2-3,5,7,15-16H,4,6,8-13H2,1H3,(H2,20,21,22);1H. The third-order valence-electron chi connectivity index (χ3n) is 4.83. The molecule has 0 aliphatic carbocycles. The molecule has 5 nitrogen and oxygen atoms in total. The van der Waals surface area contributed by atoms with Gasteiger partial charge in [-0.2, -0.15) is 0 Å². The summed E-state index contributed by atoms with van der Waals surface area (Å²) in [5, 5.41) is 7.53. The summed E-state index contributed by atoms with van der Waals surface area (Å²) in [7, 11) is 1.79. The van der Waals surface area contributed by atoms with Crippen molar-refractivity contribution in [2.45, 2.75) is 31.4 Å². The van der Waals surface area contributed by atoms with Crippen LogP contribution >= 0.6 is 35.6 Å². The minimum atomic E-state index is 0. The van der Waals surface area contributed by atoms with Crippen LogP contribution in [0, 0.1) is 0 Å².